The molecule has 1 aliphatic rings. The third-order valence-electron chi connectivity index (χ3n) is 3.70. The normalized spacial score (nSPS) is 17.3. The Labute approximate surface area is 124 Å². The monoisotopic (exact) mass is 285 g/mol. The first-order chi connectivity index (χ1) is 10.3. The van der Waals surface area contributed by atoms with Crippen LogP contribution in [0.2, 0.25) is 0 Å². The molecule has 1 aliphatic heterocycles. The van der Waals surface area contributed by atoms with Crippen molar-refractivity contribution in [2.45, 2.75) is 26.1 Å². The molecule has 0 aliphatic carbocycles. The van der Waals surface area contributed by atoms with Gasteiger partial charge in [0.05, 0.1) is 13.2 Å². The Kier molecular flexibility index (Phi) is 4.18. The Hall–Kier alpha value is -1.91. The van der Waals surface area contributed by atoms with E-state index in [4.69, 9.17) is 9.47 Å². The van der Waals surface area contributed by atoms with E-state index >= 15 is 0 Å². The lowest BCUT2D eigenvalue weighted by molar-refractivity contribution is 0.00960. The molecule has 3 rings (SSSR count). The molecule has 0 radical (unpaired) electrons. The fraction of sp³-hybridized carbons (Fsp3) is 0.353. The van der Waals surface area contributed by atoms with Gasteiger partial charge in [0, 0.05) is 5.69 Å². The molecule has 2 aromatic rings. The Morgan fingerprint density at radius 3 is 3.00 bits per heavy atom. The lowest BCUT2D eigenvalue weighted by atomic mass is 9.98. The van der Waals surface area contributed by atoms with Gasteiger partial charge >= 0.3 is 0 Å². The van der Waals surface area contributed by atoms with Gasteiger partial charge in [0.2, 0.25) is 0 Å². The van der Waals surface area contributed by atoms with Crippen molar-refractivity contribution < 1.29 is 14.6 Å². The molecule has 2 heterocycles. The van der Waals surface area contributed by atoms with Gasteiger partial charge in [0.1, 0.15) is 24.2 Å². The summed E-state index contributed by atoms with van der Waals surface area (Å²) in [5, 5.41) is 9.36. The Morgan fingerprint density at radius 1 is 1.29 bits per heavy atom. The average molecular weight is 285 g/mol. The number of aryl methyl sites for hydroxylation is 1. The van der Waals surface area contributed by atoms with E-state index < -0.39 is 0 Å². The average Bonchev–Trinajstić information content (AvgIpc) is 2.53. The molecule has 0 saturated carbocycles. The second-order valence-electron chi connectivity index (χ2n) is 5.17. The van der Waals surface area contributed by atoms with Crippen molar-refractivity contribution in [2.75, 3.05) is 13.2 Å². The van der Waals surface area contributed by atoms with Crippen molar-refractivity contribution >= 4 is 0 Å². The summed E-state index contributed by atoms with van der Waals surface area (Å²) in [6.45, 7) is 2.90. The van der Waals surface area contributed by atoms with Crippen molar-refractivity contribution in [3.63, 3.8) is 0 Å². The highest BCUT2D eigenvalue weighted by molar-refractivity contribution is 5.32. The van der Waals surface area contributed by atoms with Crippen LogP contribution in [-0.2, 0) is 17.8 Å². The zero-order valence-electron chi connectivity index (χ0n) is 12.1. The lowest BCUT2D eigenvalue weighted by Crippen LogP contribution is -2.22. The molecule has 1 aromatic carbocycles. The van der Waals surface area contributed by atoms with Crippen LogP contribution in [0.4, 0.5) is 0 Å². The Bertz CT molecular complexity index is 627. The van der Waals surface area contributed by atoms with E-state index in [2.05, 4.69) is 23.2 Å². The second kappa shape index (κ2) is 6.24. The van der Waals surface area contributed by atoms with E-state index in [1.54, 1.807) is 0 Å². The number of hydrogen-bond acceptors (Lipinski definition) is 4. The van der Waals surface area contributed by atoms with Crippen LogP contribution in [0.1, 0.15) is 28.6 Å². The smallest absolute Gasteiger partial charge is 0.143 e. The summed E-state index contributed by atoms with van der Waals surface area (Å²) in [7, 11) is 0. The van der Waals surface area contributed by atoms with E-state index in [1.807, 2.05) is 25.1 Å². The first kappa shape index (κ1) is 14.0. The van der Waals surface area contributed by atoms with E-state index in [0.717, 1.165) is 12.1 Å². The minimum atomic E-state index is -0.126. The molecule has 0 bridgehead atoms. The number of ether oxygens (including phenoxy) is 2. The number of nitrogens with zero attached hydrogens (tertiary/aromatic N) is 1. The van der Waals surface area contributed by atoms with Crippen LogP contribution in [-0.4, -0.2) is 23.3 Å². The number of benzene rings is 1. The van der Waals surface area contributed by atoms with E-state index in [0.29, 0.717) is 24.7 Å². The quantitative estimate of drug-likeness (QED) is 0.938. The molecule has 0 fully saturated rings. The van der Waals surface area contributed by atoms with Crippen molar-refractivity contribution in [1.82, 2.24) is 4.98 Å². The minimum Gasteiger partial charge on any atom is -0.489 e. The van der Waals surface area contributed by atoms with Gasteiger partial charge in [0.15, 0.2) is 0 Å². The summed E-state index contributed by atoms with van der Waals surface area (Å²) in [6, 6.07) is 12.0. The van der Waals surface area contributed by atoms with Crippen LogP contribution in [0.5, 0.6) is 5.75 Å². The molecule has 0 amide bonds. The van der Waals surface area contributed by atoms with Crippen molar-refractivity contribution in [3.05, 3.63) is 58.9 Å². The molecule has 1 atom stereocenters. The van der Waals surface area contributed by atoms with Crippen LogP contribution < -0.4 is 4.74 Å². The van der Waals surface area contributed by atoms with Gasteiger partial charge in [-0.2, -0.15) is 0 Å². The number of fused-ring (bicyclic) bond motifs is 1. The molecule has 21 heavy (non-hydrogen) atoms. The highest BCUT2D eigenvalue weighted by Crippen LogP contribution is 2.28. The van der Waals surface area contributed by atoms with Crippen molar-refractivity contribution in [2.24, 2.45) is 0 Å². The molecule has 4 nitrogen and oxygen atoms in total. The number of rotatable bonds is 4. The van der Waals surface area contributed by atoms with Crippen LogP contribution in [0.3, 0.4) is 0 Å². The fourth-order valence-corrected chi connectivity index (χ4v) is 2.62. The van der Waals surface area contributed by atoms with Crippen LogP contribution in [0, 0.1) is 6.92 Å². The topological polar surface area (TPSA) is 51.6 Å². The minimum absolute atomic E-state index is 0.0669. The first-order valence-electron chi connectivity index (χ1n) is 7.17. The third-order valence-corrected chi connectivity index (χ3v) is 3.70. The van der Waals surface area contributed by atoms with Crippen molar-refractivity contribution in [3.8, 4) is 5.75 Å². The van der Waals surface area contributed by atoms with Gasteiger partial charge in [-0.25, -0.2) is 0 Å². The van der Waals surface area contributed by atoms with Crippen LogP contribution >= 0.6 is 0 Å². The van der Waals surface area contributed by atoms with E-state index in [1.165, 1.54) is 11.1 Å². The third kappa shape index (κ3) is 3.06. The molecule has 1 aromatic heterocycles. The Balaban J connectivity index is 1.74. The zero-order valence-corrected chi connectivity index (χ0v) is 12.1. The SMILES string of the molecule is Cc1ccc(OCC2OCCc3ccccc32)c(CO)n1. The molecular weight excluding hydrogens is 266 g/mol. The molecule has 4 heteroatoms. The summed E-state index contributed by atoms with van der Waals surface area (Å²) in [5.41, 5.74) is 3.95. The standard InChI is InChI=1S/C17H19NO3/c1-12-6-7-16(15(10-19)18-12)21-11-17-14-5-3-2-4-13(14)8-9-20-17/h2-7,17,19H,8-11H2,1H3. The van der Waals surface area contributed by atoms with E-state index in [9.17, 15) is 5.11 Å². The first-order valence-corrected chi connectivity index (χ1v) is 7.17. The van der Waals surface area contributed by atoms with Crippen LogP contribution in [0.15, 0.2) is 36.4 Å². The predicted octanol–water partition coefficient (Wildman–Crippen LogP) is 2.58. The fourth-order valence-electron chi connectivity index (χ4n) is 2.62. The predicted molar refractivity (Wildman–Crippen MR) is 79.2 cm³/mol. The number of aliphatic hydroxyl groups is 1. The highest BCUT2D eigenvalue weighted by atomic mass is 16.5. The van der Waals surface area contributed by atoms with E-state index in [-0.39, 0.29) is 12.7 Å². The van der Waals surface area contributed by atoms with Gasteiger partial charge in [-0.3, -0.25) is 4.98 Å². The summed E-state index contributed by atoms with van der Waals surface area (Å²) >= 11 is 0. The summed E-state index contributed by atoms with van der Waals surface area (Å²) in [6.07, 6.45) is 0.878. The van der Waals surface area contributed by atoms with Crippen LogP contribution in [0.25, 0.3) is 0 Å². The maximum absolute atomic E-state index is 9.36. The summed E-state index contributed by atoms with van der Waals surface area (Å²) in [4.78, 5) is 4.28. The maximum Gasteiger partial charge on any atom is 0.143 e. The van der Waals surface area contributed by atoms with Gasteiger partial charge in [0.25, 0.3) is 0 Å². The molecule has 1 N–H and O–H groups in total. The molecular formula is C17H19NO3. The molecule has 0 saturated heterocycles. The molecule has 0 spiro atoms. The Morgan fingerprint density at radius 2 is 2.14 bits per heavy atom. The summed E-state index contributed by atoms with van der Waals surface area (Å²) in [5.74, 6) is 0.620. The van der Waals surface area contributed by atoms with Crippen molar-refractivity contribution in [1.29, 1.82) is 0 Å². The van der Waals surface area contributed by atoms with Gasteiger partial charge < -0.3 is 14.6 Å². The number of hydrogen-bond donors (Lipinski definition) is 1. The highest BCUT2D eigenvalue weighted by Gasteiger charge is 2.21. The second-order valence-corrected chi connectivity index (χ2v) is 5.17. The largest absolute Gasteiger partial charge is 0.489 e. The summed E-state index contributed by atoms with van der Waals surface area (Å²) < 4.78 is 11.6. The molecule has 110 valence electrons. The number of pyridine rings is 1. The molecule has 1 unspecified atom stereocenters. The number of aliphatic hydroxyl groups excluding tert-OH is 1. The van der Waals surface area contributed by atoms with Gasteiger partial charge in [-0.15, -0.1) is 0 Å². The lowest BCUT2D eigenvalue weighted by Gasteiger charge is -2.26. The maximum atomic E-state index is 9.36. The number of aromatic nitrogens is 1. The van der Waals surface area contributed by atoms with Gasteiger partial charge in [-0.05, 0) is 36.6 Å². The zero-order chi connectivity index (χ0) is 14.7. The van der Waals surface area contributed by atoms with Gasteiger partial charge in [-0.1, -0.05) is 24.3 Å².